The van der Waals surface area contributed by atoms with E-state index in [4.69, 9.17) is 5.11 Å². The highest BCUT2D eigenvalue weighted by Gasteiger charge is 2.26. The topological polar surface area (TPSA) is 60.8 Å². The molecule has 1 heterocycles. The number of halogens is 1. The van der Waals surface area contributed by atoms with Crippen LogP contribution in [-0.2, 0) is 0 Å². The highest BCUT2D eigenvalue weighted by atomic mass is 79.9. The molecule has 0 aliphatic carbocycles. The molecular formula is C12H14BrNO3. The van der Waals surface area contributed by atoms with E-state index >= 15 is 0 Å². The third kappa shape index (κ3) is 2.61. The second-order valence-corrected chi connectivity index (χ2v) is 5.11. The van der Waals surface area contributed by atoms with Crippen molar-refractivity contribution in [1.29, 1.82) is 0 Å². The fourth-order valence-electron chi connectivity index (χ4n) is 1.99. The van der Waals surface area contributed by atoms with Crippen molar-refractivity contribution in [1.82, 2.24) is 4.90 Å². The molecule has 1 aliphatic rings. The molecule has 0 saturated carbocycles. The van der Waals surface area contributed by atoms with Crippen LogP contribution in [0.5, 0.6) is 5.75 Å². The number of aliphatic hydroxyl groups is 1. The number of likely N-dealkylation sites (tertiary alicyclic amines) is 1. The van der Waals surface area contributed by atoms with Crippen LogP contribution in [0.3, 0.4) is 0 Å². The van der Waals surface area contributed by atoms with Gasteiger partial charge in [0.1, 0.15) is 5.75 Å². The van der Waals surface area contributed by atoms with Crippen LogP contribution < -0.4 is 0 Å². The van der Waals surface area contributed by atoms with Gasteiger partial charge in [0, 0.05) is 31.2 Å². The zero-order valence-corrected chi connectivity index (χ0v) is 10.9. The molecule has 1 atom stereocenters. The number of aliphatic hydroxyl groups excluding tert-OH is 1. The van der Waals surface area contributed by atoms with Gasteiger partial charge in [-0.1, -0.05) is 0 Å². The minimum Gasteiger partial charge on any atom is -0.507 e. The third-order valence-corrected chi connectivity index (χ3v) is 3.69. The summed E-state index contributed by atoms with van der Waals surface area (Å²) in [5, 5.41) is 18.6. The zero-order chi connectivity index (χ0) is 12.4. The van der Waals surface area contributed by atoms with E-state index in [0.29, 0.717) is 23.1 Å². The van der Waals surface area contributed by atoms with Crippen molar-refractivity contribution >= 4 is 21.8 Å². The lowest BCUT2D eigenvalue weighted by molar-refractivity contribution is 0.0781. The van der Waals surface area contributed by atoms with Gasteiger partial charge in [-0.15, -0.1) is 0 Å². The quantitative estimate of drug-likeness (QED) is 0.872. The Hall–Kier alpha value is -1.07. The molecule has 0 aromatic heterocycles. The average Bonchev–Trinajstić information content (AvgIpc) is 2.80. The van der Waals surface area contributed by atoms with Crippen LogP contribution in [0.15, 0.2) is 22.7 Å². The van der Waals surface area contributed by atoms with Gasteiger partial charge in [0.25, 0.3) is 5.91 Å². The number of amides is 1. The summed E-state index contributed by atoms with van der Waals surface area (Å²) < 4.78 is 0.573. The summed E-state index contributed by atoms with van der Waals surface area (Å²) in [6.07, 6.45) is 0.838. The van der Waals surface area contributed by atoms with Crippen LogP contribution in [0.4, 0.5) is 0 Å². The molecule has 4 nitrogen and oxygen atoms in total. The molecule has 1 aliphatic heterocycles. The number of nitrogens with zero attached hydrogens (tertiary/aromatic N) is 1. The van der Waals surface area contributed by atoms with E-state index < -0.39 is 0 Å². The SMILES string of the molecule is O=C(c1ccc(Br)c(O)c1)N1CCC(CO)C1. The Morgan fingerprint density at radius 1 is 1.53 bits per heavy atom. The van der Waals surface area contributed by atoms with E-state index in [2.05, 4.69) is 15.9 Å². The first-order valence-corrected chi connectivity index (χ1v) is 6.29. The molecular weight excluding hydrogens is 286 g/mol. The number of phenols is 1. The maximum absolute atomic E-state index is 12.1. The summed E-state index contributed by atoms with van der Waals surface area (Å²) in [6, 6.07) is 4.79. The fraction of sp³-hybridized carbons (Fsp3) is 0.417. The number of hydrogen-bond acceptors (Lipinski definition) is 3. The molecule has 1 unspecified atom stereocenters. The van der Waals surface area contributed by atoms with Crippen LogP contribution in [0.25, 0.3) is 0 Å². The van der Waals surface area contributed by atoms with Crippen molar-refractivity contribution in [3.05, 3.63) is 28.2 Å². The Balaban J connectivity index is 2.12. The van der Waals surface area contributed by atoms with Crippen LogP contribution in [0, 0.1) is 5.92 Å². The monoisotopic (exact) mass is 299 g/mol. The molecule has 1 fully saturated rings. The summed E-state index contributed by atoms with van der Waals surface area (Å²) in [6.45, 7) is 1.38. The minimum absolute atomic E-state index is 0.0637. The predicted molar refractivity (Wildman–Crippen MR) is 66.9 cm³/mol. The number of benzene rings is 1. The van der Waals surface area contributed by atoms with Crippen LogP contribution in [0.2, 0.25) is 0 Å². The molecule has 2 N–H and O–H groups in total. The Labute approximate surface area is 108 Å². The molecule has 0 bridgehead atoms. The largest absolute Gasteiger partial charge is 0.507 e. The first-order valence-electron chi connectivity index (χ1n) is 5.50. The number of hydrogen-bond donors (Lipinski definition) is 2. The van der Waals surface area contributed by atoms with E-state index in [0.717, 1.165) is 6.42 Å². The van der Waals surface area contributed by atoms with Gasteiger partial charge in [-0.25, -0.2) is 0 Å². The predicted octanol–water partition coefficient (Wildman–Crippen LogP) is 1.61. The molecule has 0 radical (unpaired) electrons. The Morgan fingerprint density at radius 3 is 2.88 bits per heavy atom. The summed E-state index contributed by atoms with van der Waals surface area (Å²) in [4.78, 5) is 13.8. The van der Waals surface area contributed by atoms with E-state index in [1.807, 2.05) is 0 Å². The van der Waals surface area contributed by atoms with Gasteiger partial charge in [0.15, 0.2) is 0 Å². The van der Waals surface area contributed by atoms with E-state index in [-0.39, 0.29) is 24.2 Å². The van der Waals surface area contributed by atoms with Crippen molar-refractivity contribution in [3.8, 4) is 5.75 Å². The van der Waals surface area contributed by atoms with Gasteiger partial charge in [-0.05, 0) is 40.5 Å². The van der Waals surface area contributed by atoms with E-state index in [9.17, 15) is 9.90 Å². The number of carbonyl (C=O) groups is 1. The Bertz CT molecular complexity index is 436. The summed E-state index contributed by atoms with van der Waals surface area (Å²) in [5.41, 5.74) is 0.476. The van der Waals surface area contributed by atoms with Crippen molar-refractivity contribution in [2.24, 2.45) is 5.92 Å². The Morgan fingerprint density at radius 2 is 2.29 bits per heavy atom. The molecule has 1 aromatic carbocycles. The Kier molecular flexibility index (Phi) is 3.69. The molecule has 1 saturated heterocycles. The lowest BCUT2D eigenvalue weighted by Crippen LogP contribution is -2.29. The second kappa shape index (κ2) is 5.06. The zero-order valence-electron chi connectivity index (χ0n) is 9.27. The summed E-state index contributed by atoms with van der Waals surface area (Å²) >= 11 is 3.17. The van der Waals surface area contributed by atoms with Crippen LogP contribution >= 0.6 is 15.9 Å². The number of carbonyl (C=O) groups excluding carboxylic acids is 1. The van der Waals surface area contributed by atoms with E-state index in [1.165, 1.54) is 6.07 Å². The lowest BCUT2D eigenvalue weighted by atomic mass is 10.1. The van der Waals surface area contributed by atoms with Crippen LogP contribution in [0.1, 0.15) is 16.8 Å². The molecule has 1 amide bonds. The molecule has 0 spiro atoms. The maximum Gasteiger partial charge on any atom is 0.253 e. The number of rotatable bonds is 2. The fourth-order valence-corrected chi connectivity index (χ4v) is 2.24. The van der Waals surface area contributed by atoms with Crippen molar-refractivity contribution < 1.29 is 15.0 Å². The average molecular weight is 300 g/mol. The van der Waals surface area contributed by atoms with Gasteiger partial charge >= 0.3 is 0 Å². The molecule has 2 rings (SSSR count). The van der Waals surface area contributed by atoms with Gasteiger partial charge < -0.3 is 15.1 Å². The number of phenolic OH excluding ortho intramolecular Hbond substituents is 1. The summed E-state index contributed by atoms with van der Waals surface area (Å²) in [7, 11) is 0. The molecule has 92 valence electrons. The van der Waals surface area contributed by atoms with Crippen molar-refractivity contribution in [2.75, 3.05) is 19.7 Å². The van der Waals surface area contributed by atoms with Crippen molar-refractivity contribution in [2.45, 2.75) is 6.42 Å². The normalized spacial score (nSPS) is 19.6. The summed E-state index contributed by atoms with van der Waals surface area (Å²) in [5.74, 6) is 0.153. The minimum atomic E-state index is -0.0937. The van der Waals surface area contributed by atoms with E-state index in [1.54, 1.807) is 17.0 Å². The third-order valence-electron chi connectivity index (χ3n) is 3.02. The molecule has 17 heavy (non-hydrogen) atoms. The molecule has 1 aromatic rings. The van der Waals surface area contributed by atoms with Gasteiger partial charge in [0.2, 0.25) is 0 Å². The first-order chi connectivity index (χ1) is 8.11. The van der Waals surface area contributed by atoms with Gasteiger partial charge in [0.05, 0.1) is 4.47 Å². The standard InChI is InChI=1S/C12H14BrNO3/c13-10-2-1-9(5-11(10)16)12(17)14-4-3-8(6-14)7-15/h1-2,5,8,15-16H,3-4,6-7H2. The number of aromatic hydroxyl groups is 1. The lowest BCUT2D eigenvalue weighted by Gasteiger charge is -2.16. The highest BCUT2D eigenvalue weighted by molar-refractivity contribution is 9.10. The highest BCUT2D eigenvalue weighted by Crippen LogP contribution is 2.26. The molecule has 5 heteroatoms. The maximum atomic E-state index is 12.1. The van der Waals surface area contributed by atoms with Crippen LogP contribution in [-0.4, -0.2) is 40.7 Å². The smallest absolute Gasteiger partial charge is 0.253 e. The van der Waals surface area contributed by atoms with Gasteiger partial charge in [-0.2, -0.15) is 0 Å². The second-order valence-electron chi connectivity index (χ2n) is 4.25. The van der Waals surface area contributed by atoms with Gasteiger partial charge in [-0.3, -0.25) is 4.79 Å². The first kappa shape index (κ1) is 12.4. The van der Waals surface area contributed by atoms with Crippen molar-refractivity contribution in [3.63, 3.8) is 0 Å².